The first kappa shape index (κ1) is 15.4. The lowest BCUT2D eigenvalue weighted by atomic mass is 10.1. The molecule has 1 fully saturated rings. The second kappa shape index (κ2) is 7.68. The maximum absolute atomic E-state index is 11.9. The summed E-state index contributed by atoms with van der Waals surface area (Å²) in [6, 6.07) is 17.0. The van der Waals surface area contributed by atoms with Crippen LogP contribution in [-0.2, 0) is 0 Å². The van der Waals surface area contributed by atoms with Gasteiger partial charge in [-0.25, -0.2) is 4.79 Å². The monoisotopic (exact) mass is 309 g/mol. The van der Waals surface area contributed by atoms with Gasteiger partial charge in [-0.1, -0.05) is 31.0 Å². The Labute approximate surface area is 137 Å². The standard InChI is InChI=1S/C19H23N3O/c23-19(21-17-8-2-1-3-9-17)22-18-12-10-16(11-13-18)20-14-15-6-4-5-7-15/h1-3,8-13,15,20H,4-7,14H2,(H2,21,22,23). The molecule has 0 atom stereocenters. The average Bonchev–Trinajstić information content (AvgIpc) is 3.08. The molecule has 0 heterocycles. The number of para-hydroxylation sites is 1. The molecular weight excluding hydrogens is 286 g/mol. The third-order valence-corrected chi connectivity index (χ3v) is 4.24. The molecule has 0 saturated heterocycles. The van der Waals surface area contributed by atoms with Crippen molar-refractivity contribution in [2.45, 2.75) is 25.7 Å². The minimum atomic E-state index is -0.233. The van der Waals surface area contributed by atoms with Gasteiger partial charge in [0.25, 0.3) is 0 Å². The Kier molecular flexibility index (Phi) is 5.14. The molecule has 4 heteroatoms. The molecule has 3 N–H and O–H groups in total. The summed E-state index contributed by atoms with van der Waals surface area (Å²) >= 11 is 0. The van der Waals surface area contributed by atoms with Crippen LogP contribution in [0.5, 0.6) is 0 Å². The Morgan fingerprint density at radius 3 is 2.04 bits per heavy atom. The van der Waals surface area contributed by atoms with Gasteiger partial charge in [-0.2, -0.15) is 0 Å². The van der Waals surface area contributed by atoms with Crippen molar-refractivity contribution in [2.24, 2.45) is 5.92 Å². The Morgan fingerprint density at radius 2 is 1.39 bits per heavy atom. The molecule has 0 bridgehead atoms. The summed E-state index contributed by atoms with van der Waals surface area (Å²) in [5.74, 6) is 0.810. The lowest BCUT2D eigenvalue weighted by Gasteiger charge is -2.12. The number of amides is 2. The first-order valence-corrected chi connectivity index (χ1v) is 8.26. The summed E-state index contributed by atoms with van der Waals surface area (Å²) in [5, 5.41) is 9.12. The fourth-order valence-electron chi connectivity index (χ4n) is 2.96. The van der Waals surface area contributed by atoms with Gasteiger partial charge in [0.1, 0.15) is 0 Å². The Bertz CT molecular complexity index is 619. The fraction of sp³-hybridized carbons (Fsp3) is 0.316. The lowest BCUT2D eigenvalue weighted by molar-refractivity contribution is 0.262. The van der Waals surface area contributed by atoms with E-state index < -0.39 is 0 Å². The van der Waals surface area contributed by atoms with Crippen LogP contribution in [0, 0.1) is 5.92 Å². The van der Waals surface area contributed by atoms with Gasteiger partial charge in [-0.05, 0) is 55.2 Å². The molecule has 1 aliphatic rings. The van der Waals surface area contributed by atoms with Gasteiger partial charge in [0.15, 0.2) is 0 Å². The van der Waals surface area contributed by atoms with Crippen LogP contribution in [0.2, 0.25) is 0 Å². The molecule has 3 rings (SSSR count). The number of carbonyl (C=O) groups is 1. The summed E-state index contributed by atoms with van der Waals surface area (Å²) in [6.07, 6.45) is 5.41. The van der Waals surface area contributed by atoms with Crippen molar-refractivity contribution < 1.29 is 4.79 Å². The summed E-state index contributed by atoms with van der Waals surface area (Å²) in [6.45, 7) is 1.04. The largest absolute Gasteiger partial charge is 0.385 e. The summed E-state index contributed by atoms with van der Waals surface area (Å²) in [7, 11) is 0. The normalized spacial score (nSPS) is 14.4. The number of anilines is 3. The van der Waals surface area contributed by atoms with Crippen LogP contribution in [0.25, 0.3) is 0 Å². The number of hydrogen-bond acceptors (Lipinski definition) is 2. The van der Waals surface area contributed by atoms with Crippen molar-refractivity contribution in [1.29, 1.82) is 0 Å². The number of nitrogens with one attached hydrogen (secondary N) is 3. The van der Waals surface area contributed by atoms with Crippen LogP contribution >= 0.6 is 0 Å². The van der Waals surface area contributed by atoms with E-state index in [1.807, 2.05) is 54.6 Å². The molecule has 2 aromatic rings. The maximum Gasteiger partial charge on any atom is 0.323 e. The molecule has 0 radical (unpaired) electrons. The van der Waals surface area contributed by atoms with Crippen molar-refractivity contribution in [3.8, 4) is 0 Å². The van der Waals surface area contributed by atoms with Gasteiger partial charge in [-0.3, -0.25) is 0 Å². The van der Waals surface area contributed by atoms with Crippen LogP contribution in [0.4, 0.5) is 21.9 Å². The topological polar surface area (TPSA) is 53.2 Å². The average molecular weight is 309 g/mol. The van der Waals surface area contributed by atoms with Crippen molar-refractivity contribution in [3.05, 3.63) is 54.6 Å². The molecule has 0 unspecified atom stereocenters. The number of rotatable bonds is 5. The van der Waals surface area contributed by atoms with Crippen LogP contribution in [0.1, 0.15) is 25.7 Å². The van der Waals surface area contributed by atoms with Crippen molar-refractivity contribution >= 4 is 23.1 Å². The van der Waals surface area contributed by atoms with E-state index in [-0.39, 0.29) is 6.03 Å². The van der Waals surface area contributed by atoms with Gasteiger partial charge in [0, 0.05) is 23.6 Å². The first-order valence-electron chi connectivity index (χ1n) is 8.26. The molecule has 0 aliphatic heterocycles. The second-order valence-corrected chi connectivity index (χ2v) is 6.05. The highest BCUT2D eigenvalue weighted by Crippen LogP contribution is 2.25. The molecule has 2 amide bonds. The van der Waals surface area contributed by atoms with E-state index in [0.717, 1.165) is 29.5 Å². The fourth-order valence-corrected chi connectivity index (χ4v) is 2.96. The number of benzene rings is 2. The Morgan fingerprint density at radius 1 is 0.826 bits per heavy atom. The zero-order chi connectivity index (χ0) is 15.9. The second-order valence-electron chi connectivity index (χ2n) is 6.05. The van der Waals surface area contributed by atoms with Crippen molar-refractivity contribution in [1.82, 2.24) is 0 Å². The number of carbonyl (C=O) groups excluding carboxylic acids is 1. The highest BCUT2D eigenvalue weighted by Gasteiger charge is 2.14. The molecule has 4 nitrogen and oxygen atoms in total. The van der Waals surface area contributed by atoms with Crippen LogP contribution in [0.15, 0.2) is 54.6 Å². The predicted molar refractivity (Wildman–Crippen MR) is 96.0 cm³/mol. The highest BCUT2D eigenvalue weighted by molar-refractivity contribution is 5.99. The molecule has 1 saturated carbocycles. The van der Waals surface area contributed by atoms with Crippen LogP contribution in [-0.4, -0.2) is 12.6 Å². The van der Waals surface area contributed by atoms with E-state index in [0.29, 0.717) is 0 Å². The SMILES string of the molecule is O=C(Nc1ccccc1)Nc1ccc(NCC2CCCC2)cc1. The maximum atomic E-state index is 11.9. The summed E-state index contributed by atoms with van der Waals surface area (Å²) < 4.78 is 0. The van der Waals surface area contributed by atoms with Crippen LogP contribution in [0.3, 0.4) is 0 Å². The zero-order valence-corrected chi connectivity index (χ0v) is 13.2. The summed E-state index contributed by atoms with van der Waals surface area (Å²) in [5.41, 5.74) is 2.66. The highest BCUT2D eigenvalue weighted by atomic mass is 16.2. The van der Waals surface area contributed by atoms with E-state index in [4.69, 9.17) is 0 Å². The van der Waals surface area contributed by atoms with E-state index >= 15 is 0 Å². The van der Waals surface area contributed by atoms with E-state index in [9.17, 15) is 4.79 Å². The van der Waals surface area contributed by atoms with E-state index in [2.05, 4.69) is 16.0 Å². The molecule has 0 spiro atoms. The minimum Gasteiger partial charge on any atom is -0.385 e. The van der Waals surface area contributed by atoms with Gasteiger partial charge >= 0.3 is 6.03 Å². The number of hydrogen-bond donors (Lipinski definition) is 3. The van der Waals surface area contributed by atoms with Gasteiger partial charge in [0.2, 0.25) is 0 Å². The molecule has 0 aromatic heterocycles. The molecule has 120 valence electrons. The van der Waals surface area contributed by atoms with Gasteiger partial charge in [-0.15, -0.1) is 0 Å². The Hall–Kier alpha value is -2.49. The summed E-state index contributed by atoms with van der Waals surface area (Å²) in [4.78, 5) is 11.9. The minimum absolute atomic E-state index is 0.233. The van der Waals surface area contributed by atoms with Gasteiger partial charge in [0.05, 0.1) is 0 Å². The van der Waals surface area contributed by atoms with Crippen molar-refractivity contribution in [3.63, 3.8) is 0 Å². The third-order valence-electron chi connectivity index (χ3n) is 4.24. The predicted octanol–water partition coefficient (Wildman–Crippen LogP) is 4.93. The molecule has 2 aromatic carbocycles. The molecule has 23 heavy (non-hydrogen) atoms. The van der Waals surface area contributed by atoms with Gasteiger partial charge < -0.3 is 16.0 Å². The quantitative estimate of drug-likeness (QED) is 0.733. The van der Waals surface area contributed by atoms with E-state index in [1.165, 1.54) is 25.7 Å². The van der Waals surface area contributed by atoms with Crippen LogP contribution < -0.4 is 16.0 Å². The lowest BCUT2D eigenvalue weighted by Crippen LogP contribution is -2.19. The smallest absolute Gasteiger partial charge is 0.323 e. The first-order chi connectivity index (χ1) is 11.3. The molecule has 1 aliphatic carbocycles. The third kappa shape index (κ3) is 4.74. The van der Waals surface area contributed by atoms with E-state index in [1.54, 1.807) is 0 Å². The Balaban J connectivity index is 1.47. The van der Waals surface area contributed by atoms with Crippen molar-refractivity contribution in [2.75, 3.05) is 22.5 Å². The zero-order valence-electron chi connectivity index (χ0n) is 13.2. The number of urea groups is 1. The molecular formula is C19H23N3O.